The van der Waals surface area contributed by atoms with E-state index in [-0.39, 0.29) is 5.91 Å². The van der Waals surface area contributed by atoms with Crippen molar-refractivity contribution in [3.05, 3.63) is 51.7 Å². The summed E-state index contributed by atoms with van der Waals surface area (Å²) in [5.74, 6) is 0.421. The molecule has 5 heteroatoms. The van der Waals surface area contributed by atoms with Crippen molar-refractivity contribution in [3.8, 4) is 0 Å². The minimum Gasteiger partial charge on any atom is -0.396 e. The fourth-order valence-electron chi connectivity index (χ4n) is 3.13. The monoisotopic (exact) mass is 344 g/mol. The van der Waals surface area contributed by atoms with Crippen LogP contribution in [0.5, 0.6) is 0 Å². The molecule has 0 saturated carbocycles. The van der Waals surface area contributed by atoms with Crippen LogP contribution in [0.4, 0.5) is 5.69 Å². The maximum atomic E-state index is 12.3. The molecule has 0 bridgehead atoms. The van der Waals surface area contributed by atoms with Gasteiger partial charge in [0.05, 0.1) is 4.88 Å². The van der Waals surface area contributed by atoms with Crippen LogP contribution < -0.4 is 5.32 Å². The SMILES string of the molecule is Cc1ccsc1C(=O)Nc1cccc(CN2CCC(CO)CC2)c1. The topological polar surface area (TPSA) is 52.6 Å². The van der Waals surface area contributed by atoms with Gasteiger partial charge in [0.15, 0.2) is 0 Å². The van der Waals surface area contributed by atoms with Crippen molar-refractivity contribution >= 4 is 22.9 Å². The highest BCUT2D eigenvalue weighted by Crippen LogP contribution is 2.21. The number of likely N-dealkylation sites (tertiary alicyclic amines) is 1. The number of aliphatic hydroxyl groups excluding tert-OH is 1. The lowest BCUT2D eigenvalue weighted by molar-refractivity contribution is 0.103. The van der Waals surface area contributed by atoms with Crippen molar-refractivity contribution in [3.63, 3.8) is 0 Å². The van der Waals surface area contributed by atoms with Gasteiger partial charge in [0.1, 0.15) is 0 Å². The number of nitrogens with zero attached hydrogens (tertiary/aromatic N) is 1. The Labute approximate surface area is 147 Å². The summed E-state index contributed by atoms with van der Waals surface area (Å²) in [4.78, 5) is 15.5. The Hall–Kier alpha value is -1.69. The van der Waals surface area contributed by atoms with Gasteiger partial charge in [-0.25, -0.2) is 0 Å². The van der Waals surface area contributed by atoms with Gasteiger partial charge in [0, 0.05) is 18.8 Å². The highest BCUT2D eigenvalue weighted by molar-refractivity contribution is 7.12. The first kappa shape index (κ1) is 17.1. The number of anilines is 1. The van der Waals surface area contributed by atoms with Crippen LogP contribution in [0.15, 0.2) is 35.7 Å². The minimum atomic E-state index is -0.0385. The summed E-state index contributed by atoms with van der Waals surface area (Å²) in [7, 11) is 0. The molecule has 0 unspecified atom stereocenters. The molecule has 1 aromatic heterocycles. The lowest BCUT2D eigenvalue weighted by Crippen LogP contribution is -2.34. The molecule has 2 N–H and O–H groups in total. The summed E-state index contributed by atoms with van der Waals surface area (Å²) in [6.45, 7) is 5.20. The summed E-state index contributed by atoms with van der Waals surface area (Å²) >= 11 is 1.47. The number of carbonyl (C=O) groups is 1. The Morgan fingerprint density at radius 2 is 2.12 bits per heavy atom. The zero-order valence-electron chi connectivity index (χ0n) is 14.0. The molecule has 0 radical (unpaired) electrons. The van der Waals surface area contributed by atoms with Crippen molar-refractivity contribution in [2.75, 3.05) is 25.0 Å². The zero-order chi connectivity index (χ0) is 16.9. The highest BCUT2D eigenvalue weighted by atomic mass is 32.1. The summed E-state index contributed by atoms with van der Waals surface area (Å²) in [5, 5.41) is 14.2. The van der Waals surface area contributed by atoms with Crippen LogP contribution in [0, 0.1) is 12.8 Å². The number of hydrogen-bond acceptors (Lipinski definition) is 4. The number of rotatable bonds is 5. The molecule has 2 heterocycles. The Bertz CT molecular complexity index is 690. The largest absolute Gasteiger partial charge is 0.396 e. The molecular formula is C19H24N2O2S. The van der Waals surface area contributed by atoms with Crippen molar-refractivity contribution in [2.24, 2.45) is 5.92 Å². The van der Waals surface area contributed by atoms with Crippen molar-refractivity contribution in [1.29, 1.82) is 0 Å². The maximum Gasteiger partial charge on any atom is 0.265 e. The number of carbonyl (C=O) groups excluding carboxylic acids is 1. The minimum absolute atomic E-state index is 0.0385. The Morgan fingerprint density at radius 3 is 2.79 bits per heavy atom. The molecule has 3 rings (SSSR count). The number of hydrogen-bond donors (Lipinski definition) is 2. The van der Waals surface area contributed by atoms with E-state index in [4.69, 9.17) is 0 Å². The first-order valence-corrected chi connectivity index (χ1v) is 9.31. The first-order chi connectivity index (χ1) is 11.7. The van der Waals surface area contributed by atoms with Gasteiger partial charge < -0.3 is 10.4 Å². The quantitative estimate of drug-likeness (QED) is 0.873. The van der Waals surface area contributed by atoms with Crippen molar-refractivity contribution in [2.45, 2.75) is 26.3 Å². The molecule has 2 aromatic rings. The van der Waals surface area contributed by atoms with Crippen LogP contribution in [-0.2, 0) is 6.54 Å². The molecule has 1 aliphatic rings. The lowest BCUT2D eigenvalue weighted by Gasteiger charge is -2.31. The molecule has 1 saturated heterocycles. The number of benzene rings is 1. The molecule has 0 aliphatic carbocycles. The summed E-state index contributed by atoms with van der Waals surface area (Å²) in [6, 6.07) is 10.0. The highest BCUT2D eigenvalue weighted by Gasteiger charge is 2.18. The smallest absolute Gasteiger partial charge is 0.265 e. The van der Waals surface area contributed by atoms with E-state index in [1.165, 1.54) is 16.9 Å². The number of nitrogens with one attached hydrogen (secondary N) is 1. The Balaban J connectivity index is 1.60. The van der Waals surface area contributed by atoms with E-state index in [2.05, 4.69) is 22.3 Å². The molecule has 1 fully saturated rings. The number of aliphatic hydroxyl groups is 1. The molecule has 24 heavy (non-hydrogen) atoms. The predicted octanol–water partition coefficient (Wildman–Crippen LogP) is 3.51. The van der Waals surface area contributed by atoms with Gasteiger partial charge in [-0.1, -0.05) is 12.1 Å². The molecule has 1 aromatic carbocycles. The lowest BCUT2D eigenvalue weighted by atomic mass is 9.97. The van der Waals surface area contributed by atoms with Crippen LogP contribution in [0.25, 0.3) is 0 Å². The maximum absolute atomic E-state index is 12.3. The van der Waals surface area contributed by atoms with E-state index in [1.54, 1.807) is 0 Å². The van der Waals surface area contributed by atoms with E-state index >= 15 is 0 Å². The number of amides is 1. The van der Waals surface area contributed by atoms with E-state index in [0.717, 1.165) is 48.6 Å². The van der Waals surface area contributed by atoms with E-state index < -0.39 is 0 Å². The van der Waals surface area contributed by atoms with Crippen molar-refractivity contribution < 1.29 is 9.90 Å². The predicted molar refractivity (Wildman–Crippen MR) is 98.5 cm³/mol. The van der Waals surface area contributed by atoms with Crippen LogP contribution in [0.3, 0.4) is 0 Å². The van der Waals surface area contributed by atoms with Gasteiger partial charge in [0.2, 0.25) is 0 Å². The van der Waals surface area contributed by atoms with Crippen LogP contribution in [-0.4, -0.2) is 35.6 Å². The van der Waals surface area contributed by atoms with Gasteiger partial charge in [-0.2, -0.15) is 0 Å². The van der Waals surface area contributed by atoms with Gasteiger partial charge in [-0.15, -0.1) is 11.3 Å². The van der Waals surface area contributed by atoms with Crippen LogP contribution >= 0.6 is 11.3 Å². The second kappa shape index (κ2) is 7.92. The third-order valence-electron chi connectivity index (χ3n) is 4.62. The molecule has 0 spiro atoms. The van der Waals surface area contributed by atoms with Crippen LogP contribution in [0.2, 0.25) is 0 Å². The molecule has 0 atom stereocenters. The summed E-state index contributed by atoms with van der Waals surface area (Å²) in [5.41, 5.74) is 3.06. The summed E-state index contributed by atoms with van der Waals surface area (Å²) < 4.78 is 0. The van der Waals surface area contributed by atoms with E-state index in [1.807, 2.05) is 30.5 Å². The average molecular weight is 344 g/mol. The number of aryl methyl sites for hydroxylation is 1. The third kappa shape index (κ3) is 4.23. The Morgan fingerprint density at radius 1 is 1.33 bits per heavy atom. The fraction of sp³-hybridized carbons (Fsp3) is 0.421. The standard InChI is InChI=1S/C19H24N2O2S/c1-14-7-10-24-18(14)19(23)20-17-4-2-3-16(11-17)12-21-8-5-15(13-22)6-9-21/h2-4,7,10-11,15,22H,5-6,8-9,12-13H2,1H3,(H,20,23). The fourth-order valence-corrected chi connectivity index (χ4v) is 3.95. The second-order valence-electron chi connectivity index (χ2n) is 6.49. The third-order valence-corrected chi connectivity index (χ3v) is 5.64. The average Bonchev–Trinajstić information content (AvgIpc) is 3.02. The van der Waals surface area contributed by atoms with Gasteiger partial charge >= 0.3 is 0 Å². The molecule has 1 aliphatic heterocycles. The van der Waals surface area contributed by atoms with Gasteiger partial charge in [-0.3, -0.25) is 9.69 Å². The van der Waals surface area contributed by atoms with E-state index in [0.29, 0.717) is 12.5 Å². The van der Waals surface area contributed by atoms with Crippen molar-refractivity contribution in [1.82, 2.24) is 4.90 Å². The Kier molecular flexibility index (Phi) is 5.66. The number of thiophene rings is 1. The van der Waals surface area contributed by atoms with Gasteiger partial charge in [-0.05, 0) is 73.5 Å². The normalized spacial score (nSPS) is 16.2. The molecule has 4 nitrogen and oxygen atoms in total. The second-order valence-corrected chi connectivity index (χ2v) is 7.41. The van der Waals surface area contributed by atoms with Gasteiger partial charge in [0.25, 0.3) is 5.91 Å². The molecule has 1 amide bonds. The summed E-state index contributed by atoms with van der Waals surface area (Å²) in [6.07, 6.45) is 2.12. The molecule has 128 valence electrons. The zero-order valence-corrected chi connectivity index (χ0v) is 14.8. The number of piperidine rings is 1. The van der Waals surface area contributed by atoms with E-state index in [9.17, 15) is 9.90 Å². The first-order valence-electron chi connectivity index (χ1n) is 8.43. The van der Waals surface area contributed by atoms with Crippen LogP contribution in [0.1, 0.15) is 33.6 Å². The molecular weight excluding hydrogens is 320 g/mol.